The Bertz CT molecular complexity index is 312. The Kier molecular flexibility index (Phi) is 3.25. The number of para-hydroxylation sites is 1. The maximum absolute atomic E-state index is 10.6. The topological polar surface area (TPSA) is 43.1 Å². The summed E-state index contributed by atoms with van der Waals surface area (Å²) in [4.78, 5) is 10.2. The van der Waals surface area contributed by atoms with Gasteiger partial charge in [0.05, 0.1) is 4.92 Å². The van der Waals surface area contributed by atoms with Crippen LogP contribution in [0, 0.1) is 10.1 Å². The third kappa shape index (κ3) is 2.70. The molecule has 0 spiro atoms. The van der Waals surface area contributed by atoms with Gasteiger partial charge in [-0.3, -0.25) is 10.1 Å². The molecule has 0 aliphatic carbocycles. The highest BCUT2D eigenvalue weighted by atomic mass is 35.5. The van der Waals surface area contributed by atoms with Crippen molar-refractivity contribution in [2.45, 2.75) is 18.7 Å². The Morgan fingerprint density at radius 3 is 2.69 bits per heavy atom. The van der Waals surface area contributed by atoms with Crippen molar-refractivity contribution < 1.29 is 4.92 Å². The molecule has 1 atom stereocenters. The minimum Gasteiger partial charge on any atom is -0.258 e. The molecule has 0 aliphatic heterocycles. The maximum atomic E-state index is 10.6. The standard InChI is InChI=1S/C9H10ClNO2/c1-7(10)6-8-4-2-3-5-9(8)11(12)13/h2-5,7H,6H2,1H3. The van der Waals surface area contributed by atoms with Crippen molar-refractivity contribution in [1.29, 1.82) is 0 Å². The molecule has 0 saturated carbocycles. The SMILES string of the molecule is CC(Cl)Cc1ccccc1[N+](=O)[O-]. The highest BCUT2D eigenvalue weighted by Crippen LogP contribution is 2.20. The number of halogens is 1. The first-order valence-corrected chi connectivity index (χ1v) is 4.41. The molecule has 0 fully saturated rings. The van der Waals surface area contributed by atoms with E-state index in [9.17, 15) is 10.1 Å². The van der Waals surface area contributed by atoms with Crippen LogP contribution in [0.4, 0.5) is 5.69 Å². The van der Waals surface area contributed by atoms with Gasteiger partial charge >= 0.3 is 0 Å². The minimum atomic E-state index is -0.380. The molecule has 3 nitrogen and oxygen atoms in total. The molecule has 1 unspecified atom stereocenters. The van der Waals surface area contributed by atoms with Crippen molar-refractivity contribution in [3.05, 3.63) is 39.9 Å². The second-order valence-electron chi connectivity index (χ2n) is 2.87. The van der Waals surface area contributed by atoms with Gasteiger partial charge in [-0.2, -0.15) is 0 Å². The van der Waals surface area contributed by atoms with Gasteiger partial charge in [0.2, 0.25) is 0 Å². The Hall–Kier alpha value is -1.09. The van der Waals surface area contributed by atoms with Gasteiger partial charge in [-0.25, -0.2) is 0 Å². The zero-order chi connectivity index (χ0) is 9.84. The van der Waals surface area contributed by atoms with E-state index in [0.717, 1.165) is 0 Å². The Balaban J connectivity index is 2.98. The van der Waals surface area contributed by atoms with Crippen molar-refractivity contribution in [2.24, 2.45) is 0 Å². The number of alkyl halides is 1. The van der Waals surface area contributed by atoms with Crippen LogP contribution in [-0.4, -0.2) is 10.3 Å². The highest BCUT2D eigenvalue weighted by molar-refractivity contribution is 6.20. The minimum absolute atomic E-state index is 0.0823. The van der Waals surface area contributed by atoms with Gasteiger partial charge in [-0.05, 0) is 13.3 Å². The highest BCUT2D eigenvalue weighted by Gasteiger charge is 2.13. The van der Waals surface area contributed by atoms with Crippen molar-refractivity contribution in [3.63, 3.8) is 0 Å². The van der Waals surface area contributed by atoms with Crippen LogP contribution in [0.3, 0.4) is 0 Å². The third-order valence-corrected chi connectivity index (χ3v) is 1.84. The lowest BCUT2D eigenvalue weighted by Crippen LogP contribution is -2.01. The molecule has 0 heterocycles. The average Bonchev–Trinajstić information content (AvgIpc) is 2.03. The molecule has 1 rings (SSSR count). The molecule has 70 valence electrons. The summed E-state index contributed by atoms with van der Waals surface area (Å²) in [6.45, 7) is 1.82. The summed E-state index contributed by atoms with van der Waals surface area (Å²) in [6, 6.07) is 6.66. The number of nitro groups is 1. The second-order valence-corrected chi connectivity index (χ2v) is 3.62. The largest absolute Gasteiger partial charge is 0.272 e. The van der Waals surface area contributed by atoms with Crippen molar-refractivity contribution in [3.8, 4) is 0 Å². The average molecular weight is 200 g/mol. The summed E-state index contributed by atoms with van der Waals surface area (Å²) < 4.78 is 0. The Morgan fingerprint density at radius 1 is 1.54 bits per heavy atom. The molecule has 0 amide bonds. The lowest BCUT2D eigenvalue weighted by atomic mass is 10.1. The number of rotatable bonds is 3. The number of nitrogens with zero attached hydrogens (tertiary/aromatic N) is 1. The van der Waals surface area contributed by atoms with Crippen LogP contribution in [-0.2, 0) is 6.42 Å². The molecule has 0 saturated heterocycles. The molecule has 4 heteroatoms. The first kappa shape index (κ1) is 9.99. The summed E-state index contributed by atoms with van der Waals surface area (Å²) >= 11 is 5.77. The van der Waals surface area contributed by atoms with Crippen LogP contribution in [0.2, 0.25) is 0 Å². The monoisotopic (exact) mass is 199 g/mol. The van der Waals surface area contributed by atoms with Crippen LogP contribution in [0.1, 0.15) is 12.5 Å². The summed E-state index contributed by atoms with van der Waals surface area (Å²) in [6.07, 6.45) is 0.526. The fourth-order valence-electron chi connectivity index (χ4n) is 1.16. The predicted octanol–water partition coefficient (Wildman–Crippen LogP) is 2.76. The zero-order valence-corrected chi connectivity index (χ0v) is 7.99. The molecule has 0 aromatic heterocycles. The van der Waals surface area contributed by atoms with Gasteiger partial charge in [0, 0.05) is 17.0 Å². The van der Waals surface area contributed by atoms with Crippen LogP contribution >= 0.6 is 11.6 Å². The van der Waals surface area contributed by atoms with Gasteiger partial charge in [-0.15, -0.1) is 11.6 Å². The van der Waals surface area contributed by atoms with E-state index in [-0.39, 0.29) is 16.0 Å². The first-order chi connectivity index (χ1) is 6.11. The third-order valence-electron chi connectivity index (χ3n) is 1.69. The van der Waals surface area contributed by atoms with Gasteiger partial charge in [-0.1, -0.05) is 18.2 Å². The predicted molar refractivity (Wildman–Crippen MR) is 52.1 cm³/mol. The zero-order valence-electron chi connectivity index (χ0n) is 7.24. The van der Waals surface area contributed by atoms with Gasteiger partial charge in [0.1, 0.15) is 0 Å². The van der Waals surface area contributed by atoms with E-state index in [1.165, 1.54) is 6.07 Å². The van der Waals surface area contributed by atoms with Crippen molar-refractivity contribution in [2.75, 3.05) is 0 Å². The summed E-state index contributed by atoms with van der Waals surface area (Å²) in [5, 5.41) is 10.5. The van der Waals surface area contributed by atoms with Gasteiger partial charge in [0.15, 0.2) is 0 Å². The van der Waals surface area contributed by atoms with Gasteiger partial charge < -0.3 is 0 Å². The Morgan fingerprint density at radius 2 is 2.15 bits per heavy atom. The van der Waals surface area contributed by atoms with Gasteiger partial charge in [0.25, 0.3) is 5.69 Å². The van der Waals surface area contributed by atoms with Crippen LogP contribution in [0.5, 0.6) is 0 Å². The van der Waals surface area contributed by atoms with Crippen LogP contribution in [0.15, 0.2) is 24.3 Å². The van der Waals surface area contributed by atoms with E-state index in [4.69, 9.17) is 11.6 Å². The van der Waals surface area contributed by atoms with E-state index in [2.05, 4.69) is 0 Å². The maximum Gasteiger partial charge on any atom is 0.272 e. The first-order valence-electron chi connectivity index (χ1n) is 3.97. The number of hydrogen-bond donors (Lipinski definition) is 0. The van der Waals surface area contributed by atoms with E-state index in [0.29, 0.717) is 12.0 Å². The molecule has 13 heavy (non-hydrogen) atoms. The van der Waals surface area contributed by atoms with E-state index >= 15 is 0 Å². The fraction of sp³-hybridized carbons (Fsp3) is 0.333. The van der Waals surface area contributed by atoms with E-state index in [1.54, 1.807) is 18.2 Å². The smallest absolute Gasteiger partial charge is 0.258 e. The number of hydrogen-bond acceptors (Lipinski definition) is 2. The second kappa shape index (κ2) is 4.23. The van der Waals surface area contributed by atoms with Crippen molar-refractivity contribution >= 4 is 17.3 Å². The fourth-order valence-corrected chi connectivity index (χ4v) is 1.33. The Labute approximate surface area is 81.5 Å². The summed E-state index contributed by atoms with van der Waals surface area (Å²) in [7, 11) is 0. The molecule has 0 bridgehead atoms. The molecule has 0 radical (unpaired) electrons. The summed E-state index contributed by atoms with van der Waals surface area (Å²) in [5.74, 6) is 0. The van der Waals surface area contributed by atoms with E-state index < -0.39 is 0 Å². The molecule has 1 aromatic carbocycles. The van der Waals surface area contributed by atoms with Crippen molar-refractivity contribution in [1.82, 2.24) is 0 Å². The molecule has 1 aromatic rings. The molecule has 0 aliphatic rings. The van der Waals surface area contributed by atoms with Crippen LogP contribution in [0.25, 0.3) is 0 Å². The summed E-state index contributed by atoms with van der Waals surface area (Å²) in [5.41, 5.74) is 0.838. The number of nitro benzene ring substituents is 1. The molecular weight excluding hydrogens is 190 g/mol. The lowest BCUT2D eigenvalue weighted by molar-refractivity contribution is -0.385. The number of benzene rings is 1. The molecule has 0 N–H and O–H groups in total. The lowest BCUT2D eigenvalue weighted by Gasteiger charge is -2.03. The molecular formula is C9H10ClNO2. The normalized spacial score (nSPS) is 12.5. The van der Waals surface area contributed by atoms with E-state index in [1.807, 2.05) is 6.92 Å². The quantitative estimate of drug-likeness (QED) is 0.427. The van der Waals surface area contributed by atoms with Crippen LogP contribution < -0.4 is 0 Å².